The second kappa shape index (κ2) is 12.6. The molecule has 0 aliphatic carbocycles. The molecule has 0 spiro atoms. The highest BCUT2D eigenvalue weighted by atomic mass is 32.2. The van der Waals surface area contributed by atoms with Gasteiger partial charge in [-0.2, -0.15) is 16.8 Å². The van der Waals surface area contributed by atoms with Crippen LogP contribution in [0.2, 0.25) is 0 Å². The Kier molecular flexibility index (Phi) is 11.7. The highest BCUT2D eigenvalue weighted by molar-refractivity contribution is 7.86. The van der Waals surface area contributed by atoms with Crippen LogP contribution in [0.5, 0.6) is 0 Å². The lowest BCUT2D eigenvalue weighted by atomic mass is 10.1. The van der Waals surface area contributed by atoms with E-state index in [4.69, 9.17) is 9.11 Å². The molecule has 28 heavy (non-hydrogen) atoms. The summed E-state index contributed by atoms with van der Waals surface area (Å²) in [6, 6.07) is 7.87. The number of hydrogen-bond donors (Lipinski definition) is 2. The first-order chi connectivity index (χ1) is 12.9. The second-order valence-electron chi connectivity index (χ2n) is 5.95. The molecular formula is C18H28N2O6S2. The summed E-state index contributed by atoms with van der Waals surface area (Å²) in [5.41, 5.74) is 2.20. The third-order valence-electron chi connectivity index (χ3n) is 3.82. The molecule has 2 N–H and O–H groups in total. The average molecular weight is 433 g/mol. The Bertz CT molecular complexity index is 797. The summed E-state index contributed by atoms with van der Waals surface area (Å²) in [5, 5.41) is -1.25. The van der Waals surface area contributed by atoms with Crippen LogP contribution in [0.4, 0.5) is 0 Å². The van der Waals surface area contributed by atoms with Gasteiger partial charge in [0.2, 0.25) is 0 Å². The molecule has 2 unspecified atom stereocenters. The van der Waals surface area contributed by atoms with Crippen LogP contribution in [0.25, 0.3) is 11.1 Å². The van der Waals surface area contributed by atoms with E-state index in [9.17, 15) is 16.8 Å². The first kappa shape index (κ1) is 26.1. The van der Waals surface area contributed by atoms with Crippen molar-refractivity contribution in [1.29, 1.82) is 0 Å². The molecule has 0 fully saturated rings. The Hall–Kier alpha value is -1.88. The van der Waals surface area contributed by atoms with E-state index < -0.39 is 30.7 Å². The third kappa shape index (κ3) is 11.1. The molecule has 0 saturated carbocycles. The summed E-state index contributed by atoms with van der Waals surface area (Å²) in [4.78, 5) is 8.07. The number of pyridine rings is 2. The minimum Gasteiger partial charge on any atom is -0.285 e. The van der Waals surface area contributed by atoms with Crippen LogP contribution in [-0.4, -0.2) is 46.4 Å². The van der Waals surface area contributed by atoms with Gasteiger partial charge in [-0.1, -0.05) is 26.0 Å². The van der Waals surface area contributed by atoms with Crippen LogP contribution < -0.4 is 0 Å². The van der Waals surface area contributed by atoms with Gasteiger partial charge in [-0.3, -0.25) is 19.1 Å². The van der Waals surface area contributed by atoms with Gasteiger partial charge < -0.3 is 0 Å². The molecular weight excluding hydrogens is 404 g/mol. The molecule has 2 rings (SSSR count). The Morgan fingerprint density at radius 3 is 1.25 bits per heavy atom. The monoisotopic (exact) mass is 432 g/mol. The van der Waals surface area contributed by atoms with Crippen molar-refractivity contribution in [3.63, 3.8) is 0 Å². The van der Waals surface area contributed by atoms with Crippen molar-refractivity contribution in [2.24, 2.45) is 0 Å². The van der Waals surface area contributed by atoms with E-state index in [1.54, 1.807) is 26.2 Å². The van der Waals surface area contributed by atoms with Crippen LogP contribution in [-0.2, 0) is 20.2 Å². The highest BCUT2D eigenvalue weighted by Crippen LogP contribution is 2.14. The zero-order valence-electron chi connectivity index (χ0n) is 16.4. The fourth-order valence-corrected chi connectivity index (χ4v) is 2.33. The molecule has 8 nitrogen and oxygen atoms in total. The maximum atomic E-state index is 10.1. The minimum atomic E-state index is -3.75. The second-order valence-corrected chi connectivity index (χ2v) is 9.62. The SMILES string of the molecule is CCC(C)S(=O)(=O)O.CCC(C)S(=O)(=O)O.c1cncc(-c2cccnc2)c1. The van der Waals surface area contributed by atoms with E-state index in [0.717, 1.165) is 11.1 Å². The van der Waals surface area contributed by atoms with Gasteiger partial charge in [0.1, 0.15) is 0 Å². The molecule has 0 aliphatic rings. The summed E-state index contributed by atoms with van der Waals surface area (Å²) >= 11 is 0. The van der Waals surface area contributed by atoms with Crippen LogP contribution in [0.1, 0.15) is 40.5 Å². The molecule has 10 heteroatoms. The van der Waals surface area contributed by atoms with Gasteiger partial charge in [0, 0.05) is 35.9 Å². The summed E-state index contributed by atoms with van der Waals surface area (Å²) < 4.78 is 57.0. The normalized spacial score (nSPS) is 13.2. The van der Waals surface area contributed by atoms with Crippen molar-refractivity contribution in [3.8, 4) is 11.1 Å². The van der Waals surface area contributed by atoms with Crippen molar-refractivity contribution in [2.75, 3.05) is 0 Å². The van der Waals surface area contributed by atoms with Crippen LogP contribution in [0.3, 0.4) is 0 Å². The van der Waals surface area contributed by atoms with Gasteiger partial charge in [0.15, 0.2) is 0 Å². The fraction of sp³-hybridized carbons (Fsp3) is 0.444. The number of aromatic nitrogens is 2. The summed E-state index contributed by atoms with van der Waals surface area (Å²) in [6.45, 7) is 6.35. The van der Waals surface area contributed by atoms with Crippen molar-refractivity contribution < 1.29 is 25.9 Å². The lowest BCUT2D eigenvalue weighted by Gasteiger charge is -2.00. The van der Waals surface area contributed by atoms with E-state index in [-0.39, 0.29) is 0 Å². The molecule has 0 amide bonds. The number of nitrogens with zero attached hydrogens (tertiary/aromatic N) is 2. The molecule has 2 aromatic heterocycles. The van der Waals surface area contributed by atoms with Gasteiger partial charge >= 0.3 is 0 Å². The van der Waals surface area contributed by atoms with E-state index in [0.29, 0.717) is 12.8 Å². The first-order valence-corrected chi connectivity index (χ1v) is 11.7. The summed E-state index contributed by atoms with van der Waals surface area (Å²) in [5.74, 6) is 0. The molecule has 2 aromatic rings. The molecule has 158 valence electrons. The van der Waals surface area contributed by atoms with Gasteiger partial charge in [0.05, 0.1) is 10.5 Å². The van der Waals surface area contributed by atoms with Crippen molar-refractivity contribution in [3.05, 3.63) is 49.1 Å². The standard InChI is InChI=1S/C10H8N2.2C4H10O3S/c1-3-9(7-11-5-1)10-4-2-6-12-8-10;2*1-3-4(2)8(5,6)7/h1-8H;2*4H,3H2,1-2H3,(H,5,6,7). The van der Waals surface area contributed by atoms with Crippen LogP contribution in [0, 0.1) is 0 Å². The van der Waals surface area contributed by atoms with Gasteiger partial charge in [-0.05, 0) is 38.8 Å². The largest absolute Gasteiger partial charge is 0.285 e. The highest BCUT2D eigenvalue weighted by Gasteiger charge is 2.13. The maximum Gasteiger partial charge on any atom is 0.267 e. The maximum absolute atomic E-state index is 10.1. The number of hydrogen-bond acceptors (Lipinski definition) is 6. The Morgan fingerprint density at radius 2 is 1.11 bits per heavy atom. The van der Waals surface area contributed by atoms with Gasteiger partial charge in [-0.25, -0.2) is 0 Å². The third-order valence-corrected chi connectivity index (χ3v) is 6.52. The Labute approximate surface area is 167 Å². The molecule has 2 heterocycles. The predicted molar refractivity (Wildman–Crippen MR) is 110 cm³/mol. The van der Waals surface area contributed by atoms with E-state index in [2.05, 4.69) is 9.97 Å². The fourth-order valence-electron chi connectivity index (χ4n) is 1.49. The van der Waals surface area contributed by atoms with Crippen molar-refractivity contribution in [1.82, 2.24) is 9.97 Å². The van der Waals surface area contributed by atoms with E-state index >= 15 is 0 Å². The lowest BCUT2D eigenvalue weighted by Crippen LogP contribution is -2.14. The zero-order valence-corrected chi connectivity index (χ0v) is 18.1. The first-order valence-electron chi connectivity index (χ1n) is 8.66. The lowest BCUT2D eigenvalue weighted by molar-refractivity contribution is 0.466. The summed E-state index contributed by atoms with van der Waals surface area (Å²) in [6.07, 6.45) is 8.10. The minimum absolute atomic E-state index is 0.457. The molecule has 0 bridgehead atoms. The van der Waals surface area contributed by atoms with Crippen LogP contribution in [0.15, 0.2) is 49.1 Å². The van der Waals surface area contributed by atoms with Crippen LogP contribution >= 0.6 is 0 Å². The predicted octanol–water partition coefficient (Wildman–Crippen LogP) is 3.49. The van der Waals surface area contributed by atoms with Gasteiger partial charge in [-0.15, -0.1) is 0 Å². The van der Waals surface area contributed by atoms with Crippen molar-refractivity contribution in [2.45, 2.75) is 51.0 Å². The van der Waals surface area contributed by atoms with E-state index in [1.807, 2.05) is 36.7 Å². The molecule has 2 atom stereocenters. The Morgan fingerprint density at radius 1 is 0.786 bits per heavy atom. The topological polar surface area (TPSA) is 135 Å². The quantitative estimate of drug-likeness (QED) is 0.686. The van der Waals surface area contributed by atoms with E-state index in [1.165, 1.54) is 13.8 Å². The Balaban J connectivity index is 0.000000408. The zero-order chi connectivity index (χ0) is 21.8. The van der Waals surface area contributed by atoms with Gasteiger partial charge in [0.25, 0.3) is 20.2 Å². The molecule has 0 radical (unpaired) electrons. The number of rotatable bonds is 5. The molecule has 0 aromatic carbocycles. The average Bonchev–Trinajstić information content (AvgIpc) is 2.67. The van der Waals surface area contributed by atoms with Crippen molar-refractivity contribution >= 4 is 20.2 Å². The summed E-state index contributed by atoms with van der Waals surface area (Å²) in [7, 11) is -7.51. The smallest absolute Gasteiger partial charge is 0.267 e. The molecule has 0 aliphatic heterocycles. The molecule has 0 saturated heterocycles.